The zero-order chi connectivity index (χ0) is 11.4. The lowest BCUT2D eigenvalue weighted by Crippen LogP contribution is -1.91. The third kappa shape index (κ3) is 2.42. The molecule has 2 rings (SSSR count). The lowest BCUT2D eigenvalue weighted by Gasteiger charge is -1.98. The number of nitrogens with zero attached hydrogens (tertiary/aromatic N) is 3. The molecule has 0 fully saturated rings. The number of benzene rings is 1. The van der Waals surface area contributed by atoms with Crippen molar-refractivity contribution in [1.29, 1.82) is 0 Å². The molecule has 4 nitrogen and oxygen atoms in total. The van der Waals surface area contributed by atoms with Gasteiger partial charge in [-0.1, -0.05) is 18.2 Å². The van der Waals surface area contributed by atoms with Crippen molar-refractivity contribution in [3.8, 4) is 0 Å². The summed E-state index contributed by atoms with van der Waals surface area (Å²) in [6, 6.07) is 13.2. The van der Waals surface area contributed by atoms with Gasteiger partial charge in [0.05, 0.1) is 5.69 Å². The van der Waals surface area contributed by atoms with E-state index in [0.717, 1.165) is 11.4 Å². The SMILES string of the molecule is Cc1ccc(N=Nc2ccccc2)c(N)n1. The lowest BCUT2D eigenvalue weighted by molar-refractivity contribution is 1.16. The van der Waals surface area contributed by atoms with Crippen molar-refractivity contribution in [3.63, 3.8) is 0 Å². The van der Waals surface area contributed by atoms with Gasteiger partial charge >= 0.3 is 0 Å². The molecule has 0 saturated carbocycles. The highest BCUT2D eigenvalue weighted by molar-refractivity contribution is 5.57. The molecule has 0 atom stereocenters. The first-order valence-corrected chi connectivity index (χ1v) is 4.95. The average molecular weight is 212 g/mol. The van der Waals surface area contributed by atoms with Gasteiger partial charge < -0.3 is 5.73 Å². The summed E-state index contributed by atoms with van der Waals surface area (Å²) >= 11 is 0. The largest absolute Gasteiger partial charge is 0.382 e. The highest BCUT2D eigenvalue weighted by Gasteiger charge is 1.98. The zero-order valence-corrected chi connectivity index (χ0v) is 8.96. The van der Waals surface area contributed by atoms with Crippen LogP contribution >= 0.6 is 0 Å². The molecule has 1 heterocycles. The van der Waals surface area contributed by atoms with E-state index < -0.39 is 0 Å². The molecule has 2 N–H and O–H groups in total. The predicted molar refractivity (Wildman–Crippen MR) is 64.0 cm³/mol. The number of anilines is 1. The Hall–Kier alpha value is -2.23. The normalized spacial score (nSPS) is 10.8. The fourth-order valence-corrected chi connectivity index (χ4v) is 1.26. The minimum absolute atomic E-state index is 0.402. The maximum atomic E-state index is 5.72. The van der Waals surface area contributed by atoms with Crippen molar-refractivity contribution in [2.24, 2.45) is 10.2 Å². The van der Waals surface area contributed by atoms with Crippen molar-refractivity contribution in [2.45, 2.75) is 6.92 Å². The summed E-state index contributed by atoms with van der Waals surface area (Å²) in [5.41, 5.74) is 7.98. The molecule has 16 heavy (non-hydrogen) atoms. The van der Waals surface area contributed by atoms with Crippen molar-refractivity contribution in [3.05, 3.63) is 48.2 Å². The third-order valence-corrected chi connectivity index (χ3v) is 2.07. The van der Waals surface area contributed by atoms with E-state index in [0.29, 0.717) is 11.5 Å². The van der Waals surface area contributed by atoms with Gasteiger partial charge in [0.1, 0.15) is 5.69 Å². The van der Waals surface area contributed by atoms with Gasteiger partial charge in [-0.15, -0.1) is 5.11 Å². The van der Waals surface area contributed by atoms with Crippen LogP contribution in [0.15, 0.2) is 52.7 Å². The fraction of sp³-hybridized carbons (Fsp3) is 0.0833. The fourth-order valence-electron chi connectivity index (χ4n) is 1.26. The lowest BCUT2D eigenvalue weighted by atomic mass is 10.3. The summed E-state index contributed by atoms with van der Waals surface area (Å²) in [5, 5.41) is 8.13. The number of nitrogen functional groups attached to an aromatic ring is 1. The molecule has 0 unspecified atom stereocenters. The predicted octanol–water partition coefficient (Wildman–Crippen LogP) is 3.39. The number of hydrogen-bond donors (Lipinski definition) is 1. The molecule has 0 saturated heterocycles. The smallest absolute Gasteiger partial charge is 0.151 e. The van der Waals surface area contributed by atoms with Crippen LogP contribution in [0.3, 0.4) is 0 Å². The number of azo groups is 1. The van der Waals surface area contributed by atoms with Crippen LogP contribution in [0.1, 0.15) is 5.69 Å². The second-order valence-corrected chi connectivity index (χ2v) is 3.39. The van der Waals surface area contributed by atoms with Crippen molar-refractivity contribution in [1.82, 2.24) is 4.98 Å². The van der Waals surface area contributed by atoms with Crippen molar-refractivity contribution >= 4 is 17.2 Å². The van der Waals surface area contributed by atoms with Crippen LogP contribution in [0.4, 0.5) is 17.2 Å². The quantitative estimate of drug-likeness (QED) is 0.775. The van der Waals surface area contributed by atoms with Gasteiger partial charge in [0.25, 0.3) is 0 Å². The van der Waals surface area contributed by atoms with E-state index in [2.05, 4.69) is 15.2 Å². The van der Waals surface area contributed by atoms with Crippen LogP contribution in [0.25, 0.3) is 0 Å². The summed E-state index contributed by atoms with van der Waals surface area (Å²) in [5.74, 6) is 0.402. The Morgan fingerprint density at radius 2 is 1.75 bits per heavy atom. The molecule has 2 aromatic rings. The molecule has 0 bridgehead atoms. The first-order valence-electron chi connectivity index (χ1n) is 4.95. The Morgan fingerprint density at radius 1 is 1.00 bits per heavy atom. The Kier molecular flexibility index (Phi) is 2.91. The minimum atomic E-state index is 0.402. The third-order valence-electron chi connectivity index (χ3n) is 2.07. The van der Waals surface area contributed by atoms with E-state index >= 15 is 0 Å². The molecule has 0 amide bonds. The summed E-state index contributed by atoms with van der Waals surface area (Å²) in [4.78, 5) is 4.11. The van der Waals surface area contributed by atoms with Crippen LogP contribution in [-0.2, 0) is 0 Å². The average Bonchev–Trinajstić information content (AvgIpc) is 2.29. The molecule has 0 aliphatic carbocycles. The Labute approximate surface area is 93.9 Å². The van der Waals surface area contributed by atoms with Gasteiger partial charge in [-0.3, -0.25) is 0 Å². The molecule has 80 valence electrons. The van der Waals surface area contributed by atoms with E-state index in [1.807, 2.05) is 49.4 Å². The van der Waals surface area contributed by atoms with Crippen molar-refractivity contribution in [2.75, 3.05) is 5.73 Å². The van der Waals surface area contributed by atoms with Crippen LogP contribution in [0.2, 0.25) is 0 Å². The maximum Gasteiger partial charge on any atom is 0.151 e. The number of pyridine rings is 1. The second kappa shape index (κ2) is 4.53. The Bertz CT molecular complexity index is 506. The molecule has 4 heteroatoms. The number of rotatable bonds is 2. The number of aryl methyl sites for hydroxylation is 1. The van der Waals surface area contributed by atoms with E-state index in [1.54, 1.807) is 0 Å². The second-order valence-electron chi connectivity index (χ2n) is 3.39. The summed E-state index contributed by atoms with van der Waals surface area (Å²) in [7, 11) is 0. The van der Waals surface area contributed by atoms with Crippen molar-refractivity contribution < 1.29 is 0 Å². The molecule has 0 aliphatic rings. The Morgan fingerprint density at radius 3 is 2.44 bits per heavy atom. The highest BCUT2D eigenvalue weighted by Crippen LogP contribution is 2.22. The molecule has 0 spiro atoms. The molecule has 0 radical (unpaired) electrons. The monoisotopic (exact) mass is 212 g/mol. The van der Waals surface area contributed by atoms with Crippen LogP contribution in [-0.4, -0.2) is 4.98 Å². The topological polar surface area (TPSA) is 63.6 Å². The molecule has 1 aromatic heterocycles. The van der Waals surface area contributed by atoms with Gasteiger partial charge in [0.2, 0.25) is 0 Å². The summed E-state index contributed by atoms with van der Waals surface area (Å²) < 4.78 is 0. The number of nitrogens with two attached hydrogens (primary N) is 1. The van der Waals surface area contributed by atoms with E-state index in [9.17, 15) is 0 Å². The van der Waals surface area contributed by atoms with Crippen LogP contribution < -0.4 is 5.73 Å². The zero-order valence-electron chi connectivity index (χ0n) is 8.96. The van der Waals surface area contributed by atoms with Gasteiger partial charge in [0, 0.05) is 5.69 Å². The minimum Gasteiger partial charge on any atom is -0.382 e. The summed E-state index contributed by atoms with van der Waals surface area (Å²) in [6.07, 6.45) is 0. The maximum absolute atomic E-state index is 5.72. The molecule has 1 aromatic carbocycles. The van der Waals surface area contributed by atoms with Gasteiger partial charge in [-0.25, -0.2) is 4.98 Å². The standard InChI is InChI=1S/C12H12N4/c1-9-7-8-11(12(13)14-9)16-15-10-5-3-2-4-6-10/h2-8H,1H3,(H2,13,14). The summed E-state index contributed by atoms with van der Waals surface area (Å²) in [6.45, 7) is 1.88. The van der Waals surface area contributed by atoms with Crippen LogP contribution in [0, 0.1) is 6.92 Å². The van der Waals surface area contributed by atoms with Crippen LogP contribution in [0.5, 0.6) is 0 Å². The first-order chi connectivity index (χ1) is 7.75. The first kappa shape index (κ1) is 10.3. The molecule has 0 aliphatic heterocycles. The van der Waals surface area contributed by atoms with E-state index in [1.165, 1.54) is 0 Å². The number of hydrogen-bond acceptors (Lipinski definition) is 4. The Balaban J connectivity index is 2.24. The van der Waals surface area contributed by atoms with Gasteiger partial charge in [0.15, 0.2) is 5.82 Å². The highest BCUT2D eigenvalue weighted by atomic mass is 15.1. The van der Waals surface area contributed by atoms with Gasteiger partial charge in [-0.2, -0.15) is 5.11 Å². The number of aromatic nitrogens is 1. The van der Waals surface area contributed by atoms with E-state index in [4.69, 9.17) is 5.73 Å². The van der Waals surface area contributed by atoms with Gasteiger partial charge in [-0.05, 0) is 31.2 Å². The van der Waals surface area contributed by atoms with E-state index in [-0.39, 0.29) is 0 Å². The molecular formula is C12H12N4. The molecular weight excluding hydrogens is 200 g/mol.